The first-order chi connectivity index (χ1) is 14.3. The first-order valence-electron chi connectivity index (χ1n) is 9.85. The molecule has 3 N–H and O–H groups in total. The molecule has 1 aliphatic rings. The Kier molecular flexibility index (Phi) is 5.81. The molecule has 0 bridgehead atoms. The fraction of sp³-hybridized carbons (Fsp3) is 0.333. The van der Waals surface area contributed by atoms with Crippen molar-refractivity contribution in [2.45, 2.75) is 19.3 Å². The van der Waals surface area contributed by atoms with E-state index in [0.717, 1.165) is 42.1 Å². The summed E-state index contributed by atoms with van der Waals surface area (Å²) in [4.78, 5) is 19.9. The number of nitrogens with two attached hydrogens (primary N) is 1. The zero-order valence-electron chi connectivity index (χ0n) is 16.5. The smallest absolute Gasteiger partial charge is 0.224 e. The standard InChI is InChI=1S/C21H25N7O/c1-23-16-4-5-17(21-24-12-15(6-7-22)13-25-21)18(10-16)29-20-11-19(26-14-27-20)28-8-2-3-9-28/h4-5,10-14,23H,2-3,6-9,22H2,1H3. The van der Waals surface area contributed by atoms with Crippen molar-refractivity contribution in [2.24, 2.45) is 5.73 Å². The van der Waals surface area contributed by atoms with Gasteiger partial charge in [-0.3, -0.25) is 0 Å². The Morgan fingerprint density at radius 2 is 1.86 bits per heavy atom. The molecule has 0 unspecified atom stereocenters. The average Bonchev–Trinajstić information content (AvgIpc) is 3.30. The second kappa shape index (κ2) is 8.83. The van der Waals surface area contributed by atoms with Crippen LogP contribution in [-0.2, 0) is 6.42 Å². The van der Waals surface area contributed by atoms with E-state index < -0.39 is 0 Å². The van der Waals surface area contributed by atoms with Gasteiger partial charge in [-0.15, -0.1) is 0 Å². The fourth-order valence-electron chi connectivity index (χ4n) is 3.35. The SMILES string of the molecule is CNc1ccc(-c2ncc(CCN)cn2)c(Oc2cc(N3CCCC3)ncn2)c1. The summed E-state index contributed by atoms with van der Waals surface area (Å²) in [5.74, 6) is 2.61. The van der Waals surface area contributed by atoms with Gasteiger partial charge in [0.15, 0.2) is 5.82 Å². The second-order valence-corrected chi connectivity index (χ2v) is 6.93. The maximum atomic E-state index is 6.17. The molecule has 29 heavy (non-hydrogen) atoms. The summed E-state index contributed by atoms with van der Waals surface area (Å²) >= 11 is 0. The van der Waals surface area contributed by atoms with Crippen molar-refractivity contribution in [2.75, 3.05) is 36.9 Å². The molecule has 8 heteroatoms. The van der Waals surface area contributed by atoms with E-state index in [1.54, 1.807) is 18.7 Å². The molecule has 8 nitrogen and oxygen atoms in total. The number of hydrogen-bond acceptors (Lipinski definition) is 8. The van der Waals surface area contributed by atoms with Gasteiger partial charge >= 0.3 is 0 Å². The number of nitrogens with one attached hydrogen (secondary N) is 1. The largest absolute Gasteiger partial charge is 0.438 e. The first kappa shape index (κ1) is 19.1. The van der Waals surface area contributed by atoms with Gasteiger partial charge in [0, 0.05) is 50.4 Å². The summed E-state index contributed by atoms with van der Waals surface area (Å²) < 4.78 is 6.17. The molecule has 3 aromatic rings. The highest BCUT2D eigenvalue weighted by Crippen LogP contribution is 2.34. The average molecular weight is 391 g/mol. The van der Waals surface area contributed by atoms with Crippen LogP contribution in [0.1, 0.15) is 18.4 Å². The molecule has 2 aromatic heterocycles. The Morgan fingerprint density at radius 1 is 1.07 bits per heavy atom. The van der Waals surface area contributed by atoms with Crippen molar-refractivity contribution in [3.63, 3.8) is 0 Å². The Bertz CT molecular complexity index is 955. The van der Waals surface area contributed by atoms with Crippen LogP contribution in [0.3, 0.4) is 0 Å². The zero-order valence-corrected chi connectivity index (χ0v) is 16.5. The lowest BCUT2D eigenvalue weighted by molar-refractivity contribution is 0.463. The van der Waals surface area contributed by atoms with Crippen molar-refractivity contribution in [1.29, 1.82) is 0 Å². The highest BCUT2D eigenvalue weighted by atomic mass is 16.5. The molecular weight excluding hydrogens is 366 g/mol. The van der Waals surface area contributed by atoms with Crippen LogP contribution in [0.5, 0.6) is 11.6 Å². The van der Waals surface area contributed by atoms with E-state index in [4.69, 9.17) is 10.5 Å². The van der Waals surface area contributed by atoms with Gasteiger partial charge in [0.25, 0.3) is 0 Å². The van der Waals surface area contributed by atoms with E-state index in [1.165, 1.54) is 12.8 Å². The van der Waals surface area contributed by atoms with E-state index in [9.17, 15) is 0 Å². The Hall–Kier alpha value is -3.26. The number of benzene rings is 1. The van der Waals surface area contributed by atoms with Gasteiger partial charge < -0.3 is 20.7 Å². The molecule has 0 radical (unpaired) electrons. The lowest BCUT2D eigenvalue weighted by Crippen LogP contribution is -2.18. The quantitative estimate of drug-likeness (QED) is 0.634. The lowest BCUT2D eigenvalue weighted by atomic mass is 10.1. The molecule has 0 spiro atoms. The third kappa shape index (κ3) is 4.43. The highest BCUT2D eigenvalue weighted by molar-refractivity contribution is 5.69. The third-order valence-electron chi connectivity index (χ3n) is 4.92. The predicted molar refractivity (Wildman–Crippen MR) is 113 cm³/mol. The summed E-state index contributed by atoms with van der Waals surface area (Å²) in [5.41, 5.74) is 8.35. The zero-order chi connectivity index (χ0) is 20.1. The van der Waals surface area contributed by atoms with Crippen molar-refractivity contribution in [1.82, 2.24) is 19.9 Å². The molecule has 1 fully saturated rings. The number of anilines is 2. The van der Waals surface area contributed by atoms with Crippen LogP contribution in [0.4, 0.5) is 11.5 Å². The van der Waals surface area contributed by atoms with Crippen molar-refractivity contribution >= 4 is 11.5 Å². The van der Waals surface area contributed by atoms with E-state index in [1.807, 2.05) is 31.3 Å². The molecule has 150 valence electrons. The van der Waals surface area contributed by atoms with Gasteiger partial charge in [0.05, 0.1) is 5.56 Å². The minimum absolute atomic E-state index is 0.496. The number of hydrogen-bond donors (Lipinski definition) is 2. The van der Waals surface area contributed by atoms with Crippen LogP contribution in [0.15, 0.2) is 43.0 Å². The van der Waals surface area contributed by atoms with E-state index in [0.29, 0.717) is 24.0 Å². The Morgan fingerprint density at radius 3 is 2.59 bits per heavy atom. The second-order valence-electron chi connectivity index (χ2n) is 6.93. The molecular formula is C21H25N7O. The molecule has 0 atom stereocenters. The summed E-state index contributed by atoms with van der Waals surface area (Å²) in [5, 5.41) is 3.14. The number of nitrogens with zero attached hydrogens (tertiary/aromatic N) is 5. The molecule has 4 rings (SSSR count). The third-order valence-corrected chi connectivity index (χ3v) is 4.92. The molecule has 1 aliphatic heterocycles. The number of rotatable bonds is 7. The lowest BCUT2D eigenvalue weighted by Gasteiger charge is -2.17. The summed E-state index contributed by atoms with van der Waals surface area (Å²) in [6.45, 7) is 2.60. The van der Waals surface area contributed by atoms with Crippen LogP contribution >= 0.6 is 0 Å². The summed E-state index contributed by atoms with van der Waals surface area (Å²) in [7, 11) is 1.87. The van der Waals surface area contributed by atoms with Crippen molar-refractivity contribution < 1.29 is 4.74 Å². The van der Waals surface area contributed by atoms with Gasteiger partial charge in [0.1, 0.15) is 17.9 Å². The Labute approximate surface area is 170 Å². The van der Waals surface area contributed by atoms with Crippen LogP contribution in [0.25, 0.3) is 11.4 Å². The van der Waals surface area contributed by atoms with Gasteiger partial charge in [-0.2, -0.15) is 0 Å². The number of aromatic nitrogens is 4. The summed E-state index contributed by atoms with van der Waals surface area (Å²) in [6.07, 6.45) is 8.28. The normalized spacial score (nSPS) is 13.5. The molecule has 0 saturated carbocycles. The van der Waals surface area contributed by atoms with Gasteiger partial charge in [-0.05, 0) is 43.5 Å². The van der Waals surface area contributed by atoms with E-state index >= 15 is 0 Å². The topological polar surface area (TPSA) is 102 Å². The predicted octanol–water partition coefficient (Wildman–Crippen LogP) is 2.87. The molecule has 1 saturated heterocycles. The van der Waals surface area contributed by atoms with Gasteiger partial charge in [-0.25, -0.2) is 19.9 Å². The minimum Gasteiger partial charge on any atom is -0.438 e. The first-order valence-corrected chi connectivity index (χ1v) is 9.85. The highest BCUT2D eigenvalue weighted by Gasteiger charge is 2.16. The Balaban J connectivity index is 1.64. The number of ether oxygens (including phenoxy) is 1. The van der Waals surface area contributed by atoms with E-state index in [2.05, 4.69) is 30.2 Å². The summed E-state index contributed by atoms with van der Waals surface area (Å²) in [6, 6.07) is 7.72. The molecule has 1 aromatic carbocycles. The van der Waals surface area contributed by atoms with Crippen LogP contribution in [-0.4, -0.2) is 46.6 Å². The monoisotopic (exact) mass is 391 g/mol. The van der Waals surface area contributed by atoms with Crippen molar-refractivity contribution in [3.05, 3.63) is 48.5 Å². The minimum atomic E-state index is 0.496. The van der Waals surface area contributed by atoms with Gasteiger partial charge in [-0.1, -0.05) is 0 Å². The fourth-order valence-corrected chi connectivity index (χ4v) is 3.35. The van der Waals surface area contributed by atoms with Gasteiger partial charge in [0.2, 0.25) is 5.88 Å². The van der Waals surface area contributed by atoms with Crippen molar-refractivity contribution in [3.8, 4) is 23.0 Å². The van der Waals surface area contributed by atoms with Crippen LogP contribution in [0, 0.1) is 0 Å². The van der Waals surface area contributed by atoms with E-state index in [-0.39, 0.29) is 0 Å². The molecule has 0 amide bonds. The molecule has 0 aliphatic carbocycles. The van der Waals surface area contributed by atoms with Crippen LogP contribution < -0.4 is 20.7 Å². The van der Waals surface area contributed by atoms with Crippen LogP contribution in [0.2, 0.25) is 0 Å². The maximum absolute atomic E-state index is 6.17. The maximum Gasteiger partial charge on any atom is 0.224 e. The molecule has 3 heterocycles.